The number of amides is 1. The molecule has 0 atom stereocenters. The van der Waals surface area contributed by atoms with Crippen LogP contribution in [-0.4, -0.2) is 37.9 Å². The van der Waals surface area contributed by atoms with Crippen LogP contribution in [0.1, 0.15) is 63.1 Å². The molecule has 5 rings (SSSR count). The van der Waals surface area contributed by atoms with Gasteiger partial charge in [0.15, 0.2) is 0 Å². The normalized spacial score (nSPS) is 15.6. The first-order valence-corrected chi connectivity index (χ1v) is 14.9. The molecule has 1 N–H and O–H groups in total. The van der Waals surface area contributed by atoms with E-state index in [2.05, 4.69) is 22.3 Å². The molecule has 1 saturated carbocycles. The van der Waals surface area contributed by atoms with E-state index in [4.69, 9.17) is 14.2 Å². The lowest BCUT2D eigenvalue weighted by molar-refractivity contribution is -0.139. The van der Waals surface area contributed by atoms with Crippen LogP contribution >= 0.6 is 0 Å². The zero-order chi connectivity index (χ0) is 30.6. The standard InChI is InChI=1S/C35H41FN2O5/c1-34(2,3)43-33(40)37-22-24-15-27(19-29(36)17-24)28-16-25(18-30(20-28)38-13-11-35(9-10-35)12-14-38)23-42-31-8-6-5-7-26(31)21-32(39)41-4/h5-8,15-20H,9-14,21-23H2,1-4H3,(H,37,40). The quantitative estimate of drug-likeness (QED) is 0.267. The van der Waals surface area contributed by atoms with Crippen LogP contribution in [-0.2, 0) is 33.8 Å². The molecule has 1 heterocycles. The number of rotatable bonds is 9. The first-order valence-electron chi connectivity index (χ1n) is 14.9. The molecule has 0 radical (unpaired) electrons. The third-order valence-corrected chi connectivity index (χ3v) is 8.18. The first-order chi connectivity index (χ1) is 20.5. The topological polar surface area (TPSA) is 77.1 Å². The number of anilines is 1. The van der Waals surface area contributed by atoms with Crippen LogP contribution in [0, 0.1) is 11.2 Å². The second kappa shape index (κ2) is 12.7. The number of hydrogen-bond donors (Lipinski definition) is 1. The Balaban J connectivity index is 1.40. The van der Waals surface area contributed by atoms with Crippen LogP contribution in [0.5, 0.6) is 5.75 Å². The smallest absolute Gasteiger partial charge is 0.407 e. The Morgan fingerprint density at radius 3 is 2.33 bits per heavy atom. The molecule has 228 valence electrons. The van der Waals surface area contributed by atoms with Crippen molar-refractivity contribution < 1.29 is 28.2 Å². The molecule has 3 aromatic carbocycles. The van der Waals surface area contributed by atoms with Gasteiger partial charge in [-0.25, -0.2) is 9.18 Å². The number of para-hydroxylation sites is 1. The first kappa shape index (κ1) is 30.4. The molecule has 0 unspecified atom stereocenters. The number of hydrogen-bond acceptors (Lipinski definition) is 6. The number of nitrogens with one attached hydrogen (secondary N) is 1. The molecule has 0 bridgehead atoms. The van der Waals surface area contributed by atoms with E-state index in [0.29, 0.717) is 22.3 Å². The molecule has 7 nitrogen and oxygen atoms in total. The Morgan fingerprint density at radius 1 is 0.930 bits per heavy atom. The maximum absolute atomic E-state index is 14.9. The van der Waals surface area contributed by atoms with E-state index in [-0.39, 0.29) is 31.4 Å². The second-order valence-electron chi connectivity index (χ2n) is 12.7. The van der Waals surface area contributed by atoms with Crippen LogP contribution < -0.4 is 15.0 Å². The van der Waals surface area contributed by atoms with Crippen LogP contribution in [0.15, 0.2) is 60.7 Å². The van der Waals surface area contributed by atoms with Gasteiger partial charge in [-0.2, -0.15) is 0 Å². The molecule has 2 fully saturated rings. The summed E-state index contributed by atoms with van der Waals surface area (Å²) in [6.07, 6.45) is 4.60. The molecule has 8 heteroatoms. The Bertz CT molecular complexity index is 1470. The van der Waals surface area contributed by atoms with Gasteiger partial charge in [-0.15, -0.1) is 0 Å². The van der Waals surface area contributed by atoms with Crippen molar-refractivity contribution >= 4 is 17.7 Å². The van der Waals surface area contributed by atoms with Gasteiger partial charge >= 0.3 is 12.1 Å². The van der Waals surface area contributed by atoms with Crippen LogP contribution in [0.3, 0.4) is 0 Å². The zero-order valence-corrected chi connectivity index (χ0v) is 25.5. The SMILES string of the molecule is COC(=O)Cc1ccccc1OCc1cc(-c2cc(F)cc(CNC(=O)OC(C)(C)C)c2)cc(N2CCC3(CC2)CC3)c1. The number of nitrogens with zero attached hydrogens (tertiary/aromatic N) is 1. The molecule has 3 aromatic rings. The van der Waals surface area contributed by atoms with Gasteiger partial charge < -0.3 is 24.4 Å². The van der Waals surface area contributed by atoms with Crippen molar-refractivity contribution in [2.24, 2.45) is 5.41 Å². The number of ether oxygens (including phenoxy) is 3. The summed E-state index contributed by atoms with van der Waals surface area (Å²) in [6.45, 7) is 7.78. The summed E-state index contributed by atoms with van der Waals surface area (Å²) in [5.74, 6) is -0.0937. The van der Waals surface area contributed by atoms with E-state index in [9.17, 15) is 14.0 Å². The Labute approximate surface area is 253 Å². The molecular weight excluding hydrogens is 547 g/mol. The molecule has 0 aromatic heterocycles. The second-order valence-corrected chi connectivity index (χ2v) is 12.7. The lowest BCUT2D eigenvalue weighted by atomic mass is 9.92. The van der Waals surface area contributed by atoms with Gasteiger partial charge in [0.05, 0.1) is 13.5 Å². The molecule has 1 spiro atoms. The molecular formula is C35H41FN2O5. The highest BCUT2D eigenvalue weighted by molar-refractivity contribution is 5.73. The number of piperidine rings is 1. The predicted octanol–water partition coefficient (Wildman–Crippen LogP) is 7.19. The average Bonchev–Trinajstić information content (AvgIpc) is 3.73. The molecule has 2 aliphatic rings. The Morgan fingerprint density at radius 2 is 1.63 bits per heavy atom. The monoisotopic (exact) mass is 588 g/mol. The summed E-state index contributed by atoms with van der Waals surface area (Å²) in [5, 5.41) is 2.72. The van der Waals surface area contributed by atoms with E-state index in [0.717, 1.165) is 35.5 Å². The molecule has 1 aliphatic heterocycles. The minimum Gasteiger partial charge on any atom is -0.489 e. The third kappa shape index (κ3) is 8.27. The fourth-order valence-electron chi connectivity index (χ4n) is 5.61. The molecule has 43 heavy (non-hydrogen) atoms. The van der Waals surface area contributed by atoms with E-state index in [1.807, 2.05) is 36.4 Å². The highest BCUT2D eigenvalue weighted by atomic mass is 19.1. The van der Waals surface area contributed by atoms with Gasteiger partial charge in [0.1, 0.15) is 23.8 Å². The summed E-state index contributed by atoms with van der Waals surface area (Å²) in [7, 11) is 1.37. The van der Waals surface area contributed by atoms with Gasteiger partial charge in [0, 0.05) is 30.9 Å². The number of carbonyl (C=O) groups is 2. The van der Waals surface area contributed by atoms with Crippen molar-refractivity contribution in [1.82, 2.24) is 5.32 Å². The van der Waals surface area contributed by atoms with Crippen molar-refractivity contribution in [3.05, 3.63) is 83.2 Å². The highest BCUT2D eigenvalue weighted by Crippen LogP contribution is 2.54. The summed E-state index contributed by atoms with van der Waals surface area (Å²) in [6, 6.07) is 18.5. The summed E-state index contributed by atoms with van der Waals surface area (Å²) >= 11 is 0. The van der Waals surface area contributed by atoms with Crippen molar-refractivity contribution in [3.8, 4) is 16.9 Å². The Hall–Kier alpha value is -4.07. The minimum absolute atomic E-state index is 0.122. The lowest BCUT2D eigenvalue weighted by Gasteiger charge is -2.34. The van der Waals surface area contributed by atoms with Gasteiger partial charge in [-0.05, 0) is 117 Å². The van der Waals surface area contributed by atoms with Crippen LogP contribution in [0.4, 0.5) is 14.9 Å². The van der Waals surface area contributed by atoms with Gasteiger partial charge in [-0.3, -0.25) is 4.79 Å². The Kier molecular flexibility index (Phi) is 8.95. The molecule has 1 saturated heterocycles. The number of carbonyl (C=O) groups excluding carboxylic acids is 2. The number of alkyl carbamates (subject to hydrolysis) is 1. The number of esters is 1. The molecule has 1 amide bonds. The average molecular weight is 589 g/mol. The van der Waals surface area contributed by atoms with E-state index < -0.39 is 11.7 Å². The van der Waals surface area contributed by atoms with E-state index in [1.54, 1.807) is 20.8 Å². The fraction of sp³-hybridized carbons (Fsp3) is 0.429. The van der Waals surface area contributed by atoms with Crippen molar-refractivity contribution in [2.75, 3.05) is 25.1 Å². The number of halogens is 1. The number of methoxy groups -OCH3 is 1. The van der Waals surface area contributed by atoms with Crippen LogP contribution in [0.2, 0.25) is 0 Å². The van der Waals surface area contributed by atoms with E-state index >= 15 is 0 Å². The molecule has 1 aliphatic carbocycles. The lowest BCUT2D eigenvalue weighted by Crippen LogP contribution is -2.34. The van der Waals surface area contributed by atoms with E-state index in [1.165, 1.54) is 44.9 Å². The largest absolute Gasteiger partial charge is 0.489 e. The van der Waals surface area contributed by atoms with Crippen molar-refractivity contribution in [3.63, 3.8) is 0 Å². The highest BCUT2D eigenvalue weighted by Gasteiger charge is 2.44. The zero-order valence-electron chi connectivity index (χ0n) is 25.5. The minimum atomic E-state index is -0.622. The maximum atomic E-state index is 14.9. The van der Waals surface area contributed by atoms with Crippen LogP contribution in [0.25, 0.3) is 11.1 Å². The summed E-state index contributed by atoms with van der Waals surface area (Å²) in [5.41, 5.74) is 4.90. The van der Waals surface area contributed by atoms with Gasteiger partial charge in [-0.1, -0.05) is 18.2 Å². The third-order valence-electron chi connectivity index (χ3n) is 8.18. The van der Waals surface area contributed by atoms with Gasteiger partial charge in [0.25, 0.3) is 0 Å². The fourth-order valence-corrected chi connectivity index (χ4v) is 5.61. The maximum Gasteiger partial charge on any atom is 0.407 e. The van der Waals surface area contributed by atoms with Crippen molar-refractivity contribution in [1.29, 1.82) is 0 Å². The summed E-state index contributed by atoms with van der Waals surface area (Å²) < 4.78 is 31.3. The predicted molar refractivity (Wildman–Crippen MR) is 165 cm³/mol. The van der Waals surface area contributed by atoms with Gasteiger partial charge in [0.2, 0.25) is 0 Å². The van der Waals surface area contributed by atoms with Crippen molar-refractivity contribution in [2.45, 2.75) is 71.6 Å². The summed E-state index contributed by atoms with van der Waals surface area (Å²) in [4.78, 5) is 26.5. The number of benzene rings is 3.